The van der Waals surface area contributed by atoms with E-state index < -0.39 is 0 Å². The normalized spacial score (nSPS) is 10.5. The zero-order chi connectivity index (χ0) is 14.9. The molecular weight excluding hydrogens is 256 g/mol. The van der Waals surface area contributed by atoms with Gasteiger partial charge < -0.3 is 0 Å². The van der Waals surface area contributed by atoms with E-state index in [0.29, 0.717) is 6.42 Å². The van der Waals surface area contributed by atoms with Crippen molar-refractivity contribution in [2.24, 2.45) is 0 Å². The van der Waals surface area contributed by atoms with E-state index >= 15 is 0 Å². The van der Waals surface area contributed by atoms with Crippen molar-refractivity contribution in [2.75, 3.05) is 0 Å². The highest BCUT2D eigenvalue weighted by Gasteiger charge is 2.06. The van der Waals surface area contributed by atoms with E-state index in [1.165, 1.54) is 31.2 Å². The molecule has 2 aromatic carbocycles. The third-order valence-electron chi connectivity index (χ3n) is 3.80. The highest BCUT2D eigenvalue weighted by Crippen LogP contribution is 2.12. The fourth-order valence-electron chi connectivity index (χ4n) is 2.49. The molecular formula is C20H24O. The highest BCUT2D eigenvalue weighted by molar-refractivity contribution is 5.97. The fourth-order valence-corrected chi connectivity index (χ4v) is 2.49. The summed E-state index contributed by atoms with van der Waals surface area (Å²) in [6.45, 7) is 2.23. The van der Waals surface area contributed by atoms with Crippen LogP contribution in [-0.4, -0.2) is 5.78 Å². The first-order valence-electron chi connectivity index (χ1n) is 7.95. The van der Waals surface area contributed by atoms with Gasteiger partial charge in [-0.25, -0.2) is 0 Å². The fraction of sp³-hybridized carbons (Fsp3) is 0.350. The first-order valence-corrected chi connectivity index (χ1v) is 7.95. The number of rotatable bonds is 8. The van der Waals surface area contributed by atoms with Gasteiger partial charge in [0, 0.05) is 12.0 Å². The maximum Gasteiger partial charge on any atom is 0.167 e. The SMILES string of the molecule is CCCCCCc1ccc(CC(=O)c2ccccc2)cc1. The Morgan fingerprint density at radius 2 is 1.48 bits per heavy atom. The molecule has 0 saturated carbocycles. The van der Waals surface area contributed by atoms with Crippen molar-refractivity contribution >= 4 is 5.78 Å². The van der Waals surface area contributed by atoms with E-state index in [1.807, 2.05) is 30.3 Å². The molecule has 0 aliphatic heterocycles. The predicted molar refractivity (Wildman–Crippen MR) is 88.8 cm³/mol. The van der Waals surface area contributed by atoms with E-state index in [2.05, 4.69) is 31.2 Å². The van der Waals surface area contributed by atoms with Gasteiger partial charge in [0.1, 0.15) is 0 Å². The second-order valence-electron chi connectivity index (χ2n) is 5.59. The summed E-state index contributed by atoms with van der Waals surface area (Å²) in [6.07, 6.45) is 6.80. The van der Waals surface area contributed by atoms with Crippen molar-refractivity contribution in [2.45, 2.75) is 45.4 Å². The Morgan fingerprint density at radius 1 is 0.810 bits per heavy atom. The zero-order valence-electron chi connectivity index (χ0n) is 12.8. The predicted octanol–water partition coefficient (Wildman–Crippen LogP) is 5.23. The summed E-state index contributed by atoms with van der Waals surface area (Å²) in [7, 11) is 0. The standard InChI is InChI=1S/C20H24O/c1-2-3-4-6-9-17-12-14-18(15-13-17)16-20(21)19-10-7-5-8-11-19/h5,7-8,10-15H,2-4,6,9,16H2,1H3. The number of carbonyl (C=O) groups excluding carboxylic acids is 1. The maximum absolute atomic E-state index is 12.1. The molecule has 2 aromatic rings. The maximum atomic E-state index is 12.1. The molecule has 1 heteroatoms. The molecule has 0 saturated heterocycles. The lowest BCUT2D eigenvalue weighted by Crippen LogP contribution is -2.03. The van der Waals surface area contributed by atoms with Crippen molar-refractivity contribution in [3.05, 3.63) is 71.3 Å². The van der Waals surface area contributed by atoms with Crippen LogP contribution in [0.3, 0.4) is 0 Å². The Hall–Kier alpha value is -1.89. The van der Waals surface area contributed by atoms with E-state index in [4.69, 9.17) is 0 Å². The molecule has 2 rings (SSSR count). The summed E-state index contributed by atoms with van der Waals surface area (Å²) >= 11 is 0. The molecule has 0 aliphatic rings. The first-order chi connectivity index (χ1) is 10.3. The Morgan fingerprint density at radius 3 is 2.14 bits per heavy atom. The second kappa shape index (κ2) is 8.41. The quantitative estimate of drug-likeness (QED) is 0.477. The largest absolute Gasteiger partial charge is 0.294 e. The van der Waals surface area contributed by atoms with Crippen molar-refractivity contribution in [1.82, 2.24) is 0 Å². The van der Waals surface area contributed by atoms with E-state index in [-0.39, 0.29) is 5.78 Å². The van der Waals surface area contributed by atoms with Gasteiger partial charge in [0.05, 0.1) is 0 Å². The lowest BCUT2D eigenvalue weighted by atomic mass is 10.0. The number of hydrogen-bond donors (Lipinski definition) is 0. The molecule has 0 aliphatic carbocycles. The van der Waals surface area contributed by atoms with Crippen molar-refractivity contribution in [3.63, 3.8) is 0 Å². The summed E-state index contributed by atoms with van der Waals surface area (Å²) < 4.78 is 0. The number of Topliss-reactive ketones (excluding diaryl/α,β-unsaturated/α-hetero) is 1. The van der Waals surface area contributed by atoms with Gasteiger partial charge in [0.15, 0.2) is 5.78 Å². The van der Waals surface area contributed by atoms with Crippen LogP contribution in [0.15, 0.2) is 54.6 Å². The molecule has 0 fully saturated rings. The molecule has 0 spiro atoms. The summed E-state index contributed by atoms with van der Waals surface area (Å²) in [5.74, 6) is 0.186. The van der Waals surface area contributed by atoms with Crippen molar-refractivity contribution in [1.29, 1.82) is 0 Å². The smallest absolute Gasteiger partial charge is 0.167 e. The minimum Gasteiger partial charge on any atom is -0.294 e. The molecule has 0 atom stereocenters. The molecule has 0 amide bonds. The van der Waals surface area contributed by atoms with E-state index in [9.17, 15) is 4.79 Å². The van der Waals surface area contributed by atoms with Crippen LogP contribution in [-0.2, 0) is 12.8 Å². The minimum absolute atomic E-state index is 0.186. The van der Waals surface area contributed by atoms with Crippen molar-refractivity contribution < 1.29 is 4.79 Å². The number of hydrogen-bond acceptors (Lipinski definition) is 1. The Bertz CT molecular complexity index is 540. The van der Waals surface area contributed by atoms with Crippen LogP contribution < -0.4 is 0 Å². The molecule has 0 unspecified atom stereocenters. The summed E-state index contributed by atoms with van der Waals surface area (Å²) in [5.41, 5.74) is 3.27. The average molecular weight is 280 g/mol. The molecule has 110 valence electrons. The van der Waals surface area contributed by atoms with Crippen LogP contribution in [0.25, 0.3) is 0 Å². The van der Waals surface area contributed by atoms with Gasteiger partial charge in [-0.3, -0.25) is 4.79 Å². The van der Waals surface area contributed by atoms with Gasteiger partial charge in [-0.05, 0) is 24.0 Å². The van der Waals surface area contributed by atoms with E-state index in [0.717, 1.165) is 17.5 Å². The van der Waals surface area contributed by atoms with Crippen LogP contribution in [0.4, 0.5) is 0 Å². The second-order valence-corrected chi connectivity index (χ2v) is 5.59. The van der Waals surface area contributed by atoms with Gasteiger partial charge in [0.2, 0.25) is 0 Å². The number of unbranched alkanes of at least 4 members (excludes halogenated alkanes) is 3. The topological polar surface area (TPSA) is 17.1 Å². The summed E-state index contributed by atoms with van der Waals surface area (Å²) in [6, 6.07) is 18.0. The third kappa shape index (κ3) is 5.18. The van der Waals surface area contributed by atoms with Gasteiger partial charge in [-0.2, -0.15) is 0 Å². The van der Waals surface area contributed by atoms with Crippen LogP contribution in [0, 0.1) is 0 Å². The summed E-state index contributed by atoms with van der Waals surface area (Å²) in [4.78, 5) is 12.1. The van der Waals surface area contributed by atoms with Crippen LogP contribution >= 0.6 is 0 Å². The molecule has 1 nitrogen and oxygen atoms in total. The third-order valence-corrected chi connectivity index (χ3v) is 3.80. The molecule has 0 N–H and O–H groups in total. The lowest BCUT2D eigenvalue weighted by Gasteiger charge is -2.04. The Balaban J connectivity index is 1.86. The zero-order valence-corrected chi connectivity index (χ0v) is 12.8. The molecule has 21 heavy (non-hydrogen) atoms. The number of ketones is 1. The van der Waals surface area contributed by atoms with Gasteiger partial charge in [0.25, 0.3) is 0 Å². The van der Waals surface area contributed by atoms with Gasteiger partial charge in [-0.15, -0.1) is 0 Å². The van der Waals surface area contributed by atoms with Gasteiger partial charge in [-0.1, -0.05) is 80.8 Å². The monoisotopic (exact) mass is 280 g/mol. The lowest BCUT2D eigenvalue weighted by molar-refractivity contribution is 0.0993. The minimum atomic E-state index is 0.186. The van der Waals surface area contributed by atoms with E-state index in [1.54, 1.807) is 0 Å². The number of benzene rings is 2. The Kier molecular flexibility index (Phi) is 6.21. The van der Waals surface area contributed by atoms with Crippen LogP contribution in [0.2, 0.25) is 0 Å². The van der Waals surface area contributed by atoms with Crippen molar-refractivity contribution in [3.8, 4) is 0 Å². The number of carbonyl (C=O) groups is 1. The van der Waals surface area contributed by atoms with Gasteiger partial charge >= 0.3 is 0 Å². The summed E-state index contributed by atoms with van der Waals surface area (Å²) in [5, 5.41) is 0. The van der Waals surface area contributed by atoms with Crippen LogP contribution in [0.1, 0.15) is 54.1 Å². The first kappa shape index (κ1) is 15.5. The molecule has 0 bridgehead atoms. The highest BCUT2D eigenvalue weighted by atomic mass is 16.1. The van der Waals surface area contributed by atoms with Crippen LogP contribution in [0.5, 0.6) is 0 Å². The average Bonchev–Trinajstić information content (AvgIpc) is 2.54. The molecule has 0 aromatic heterocycles. The molecule has 0 heterocycles. The molecule has 0 radical (unpaired) electrons. The Labute approximate surface area is 128 Å². The number of aryl methyl sites for hydroxylation is 1.